The third-order valence-electron chi connectivity index (χ3n) is 2.22. The second-order valence-electron chi connectivity index (χ2n) is 3.76. The van der Waals surface area contributed by atoms with E-state index in [1.807, 2.05) is 0 Å². The lowest BCUT2D eigenvalue weighted by molar-refractivity contribution is 0.131. The summed E-state index contributed by atoms with van der Waals surface area (Å²) in [4.78, 5) is 4.83. The van der Waals surface area contributed by atoms with Crippen LogP contribution in [0, 0.1) is 17.5 Å². The van der Waals surface area contributed by atoms with E-state index < -0.39 is 17.5 Å². The van der Waals surface area contributed by atoms with Gasteiger partial charge in [0.2, 0.25) is 0 Å². The molecule has 97 valence electrons. The monoisotopic (exact) mass is 264 g/mol. The third kappa shape index (κ3) is 4.13. The Labute approximate surface area is 108 Å². The topological polar surface area (TPSA) is 21.6 Å². The van der Waals surface area contributed by atoms with Crippen molar-refractivity contribution < 1.29 is 18.0 Å². The van der Waals surface area contributed by atoms with Gasteiger partial charge in [-0.05, 0) is 29.8 Å². The van der Waals surface area contributed by atoms with Crippen molar-refractivity contribution in [2.24, 2.45) is 5.16 Å². The summed E-state index contributed by atoms with van der Waals surface area (Å²) in [5, 5.41) is 3.48. The number of nitrogens with zero attached hydrogens (tertiary/aromatic N) is 1. The average Bonchev–Trinajstić information content (AvgIpc) is 2.34. The molecule has 0 heterocycles. The van der Waals surface area contributed by atoms with Crippen LogP contribution in [0.2, 0.25) is 0 Å². The van der Waals surface area contributed by atoms with Crippen molar-refractivity contribution in [3.63, 3.8) is 0 Å². The zero-order chi connectivity index (χ0) is 13.7. The number of hydrogen-bond donors (Lipinski definition) is 0. The Hall–Kier alpha value is -2.30. The third-order valence-corrected chi connectivity index (χ3v) is 2.22. The highest BCUT2D eigenvalue weighted by Gasteiger charge is 2.00. The molecule has 0 saturated carbocycles. The molecule has 0 fully saturated rings. The van der Waals surface area contributed by atoms with Crippen LogP contribution < -0.4 is 0 Å². The first-order valence-corrected chi connectivity index (χ1v) is 5.42. The van der Waals surface area contributed by atoms with Gasteiger partial charge in [-0.1, -0.05) is 17.3 Å². The van der Waals surface area contributed by atoms with Crippen LogP contribution in [-0.2, 0) is 11.4 Å². The summed E-state index contributed by atoms with van der Waals surface area (Å²) >= 11 is 0. The number of rotatable bonds is 4. The fraction of sp³-hybridized carbons (Fsp3) is 0.0714. The summed E-state index contributed by atoms with van der Waals surface area (Å²) in [6.07, 6.45) is 2.46. The first kappa shape index (κ1) is 13.1. The van der Waals surface area contributed by atoms with E-state index in [4.69, 9.17) is 4.84 Å². The van der Waals surface area contributed by atoms with Crippen LogP contribution in [0.25, 0.3) is 0 Å². The van der Waals surface area contributed by atoms with E-state index in [0.29, 0.717) is 11.1 Å². The van der Waals surface area contributed by atoms with Crippen LogP contribution >= 0.6 is 0 Å². The Morgan fingerprint density at radius 3 is 2.37 bits per heavy atom. The van der Waals surface area contributed by atoms with Crippen molar-refractivity contribution in [1.29, 1.82) is 0 Å². The molecule has 0 amide bonds. The van der Waals surface area contributed by atoms with Gasteiger partial charge in [0.25, 0.3) is 0 Å². The first-order valence-electron chi connectivity index (χ1n) is 5.42. The number of benzene rings is 2. The lowest BCUT2D eigenvalue weighted by Gasteiger charge is -2.00. The minimum atomic E-state index is -0.684. The van der Waals surface area contributed by atoms with E-state index >= 15 is 0 Å². The van der Waals surface area contributed by atoms with Crippen molar-refractivity contribution in [2.75, 3.05) is 0 Å². The Morgan fingerprint density at radius 2 is 1.68 bits per heavy atom. The molecule has 5 heteroatoms. The van der Waals surface area contributed by atoms with Gasteiger partial charge >= 0.3 is 0 Å². The molecule has 0 spiro atoms. The van der Waals surface area contributed by atoms with E-state index in [1.165, 1.54) is 18.2 Å². The number of halogens is 3. The zero-order valence-electron chi connectivity index (χ0n) is 9.74. The van der Waals surface area contributed by atoms with Crippen LogP contribution in [0.3, 0.4) is 0 Å². The summed E-state index contributed by atoms with van der Waals surface area (Å²) in [5.41, 5.74) is 0.715. The van der Waals surface area contributed by atoms with E-state index in [-0.39, 0.29) is 6.61 Å². The van der Waals surface area contributed by atoms with E-state index in [0.717, 1.165) is 18.2 Å². The van der Waals surface area contributed by atoms with Crippen LogP contribution in [0.4, 0.5) is 13.2 Å². The summed E-state index contributed by atoms with van der Waals surface area (Å²) in [5.74, 6) is -1.78. The quantitative estimate of drug-likeness (QED) is 0.611. The summed E-state index contributed by atoms with van der Waals surface area (Å²) in [6.45, 7) is -0.100. The van der Waals surface area contributed by atoms with Crippen LogP contribution in [-0.4, -0.2) is 6.21 Å². The van der Waals surface area contributed by atoms with Crippen molar-refractivity contribution in [3.05, 3.63) is 71.0 Å². The molecule has 0 unspecified atom stereocenters. The van der Waals surface area contributed by atoms with E-state index in [2.05, 4.69) is 11.4 Å². The molecular weight excluding hydrogens is 255 g/mol. The van der Waals surface area contributed by atoms with E-state index in [1.54, 1.807) is 6.07 Å². The first-order chi connectivity index (χ1) is 9.13. The molecule has 1 radical (unpaired) electrons. The number of hydrogen-bond acceptors (Lipinski definition) is 2. The molecule has 2 aromatic carbocycles. The summed E-state index contributed by atoms with van der Waals surface area (Å²) in [6, 6.07) is 8.68. The molecule has 0 saturated heterocycles. The van der Waals surface area contributed by atoms with E-state index in [9.17, 15) is 13.2 Å². The maximum Gasteiger partial charge on any atom is 0.142 e. The molecule has 2 aromatic rings. The molecule has 19 heavy (non-hydrogen) atoms. The smallest absolute Gasteiger partial charge is 0.142 e. The predicted molar refractivity (Wildman–Crippen MR) is 64.1 cm³/mol. The van der Waals surface area contributed by atoms with Gasteiger partial charge in [-0.3, -0.25) is 0 Å². The minimum absolute atomic E-state index is 0.100. The fourth-order valence-corrected chi connectivity index (χ4v) is 1.44. The second kappa shape index (κ2) is 6.04. The van der Waals surface area contributed by atoms with Crippen LogP contribution in [0.15, 0.2) is 47.6 Å². The molecule has 0 atom stereocenters. The molecule has 0 aromatic heterocycles. The Morgan fingerprint density at radius 1 is 0.947 bits per heavy atom. The van der Waals surface area contributed by atoms with Gasteiger partial charge in [0.15, 0.2) is 0 Å². The molecule has 0 N–H and O–H groups in total. The lowest BCUT2D eigenvalue weighted by Crippen LogP contribution is -1.91. The SMILES string of the molecule is Fc1cccc(/[C]=N\OCc2cc(F)cc(F)c2)c1. The highest BCUT2D eigenvalue weighted by molar-refractivity contribution is 5.78. The fourth-order valence-electron chi connectivity index (χ4n) is 1.44. The Bertz CT molecular complexity index is 579. The van der Waals surface area contributed by atoms with Crippen molar-refractivity contribution in [1.82, 2.24) is 0 Å². The van der Waals surface area contributed by atoms with Crippen LogP contribution in [0.1, 0.15) is 11.1 Å². The summed E-state index contributed by atoms with van der Waals surface area (Å²) in [7, 11) is 0. The lowest BCUT2D eigenvalue weighted by atomic mass is 10.2. The Balaban J connectivity index is 1.93. The molecule has 0 aliphatic carbocycles. The van der Waals surface area contributed by atoms with Crippen molar-refractivity contribution in [3.8, 4) is 0 Å². The molecule has 0 bridgehead atoms. The van der Waals surface area contributed by atoms with Crippen LogP contribution in [0.5, 0.6) is 0 Å². The van der Waals surface area contributed by atoms with Gasteiger partial charge in [-0.2, -0.15) is 0 Å². The Kier molecular flexibility index (Phi) is 4.18. The van der Waals surface area contributed by atoms with Crippen molar-refractivity contribution >= 4 is 6.21 Å². The van der Waals surface area contributed by atoms with Gasteiger partial charge in [-0.25, -0.2) is 13.2 Å². The predicted octanol–water partition coefficient (Wildman–Crippen LogP) is 3.53. The van der Waals surface area contributed by atoms with Gasteiger partial charge in [0, 0.05) is 11.6 Å². The molecule has 0 aliphatic rings. The maximum absolute atomic E-state index is 12.9. The molecule has 0 aliphatic heterocycles. The zero-order valence-corrected chi connectivity index (χ0v) is 9.74. The molecule has 2 rings (SSSR count). The highest BCUT2D eigenvalue weighted by Crippen LogP contribution is 2.09. The van der Waals surface area contributed by atoms with Gasteiger partial charge in [0.1, 0.15) is 30.3 Å². The van der Waals surface area contributed by atoms with Crippen molar-refractivity contribution in [2.45, 2.75) is 6.61 Å². The summed E-state index contributed by atoms with van der Waals surface area (Å²) < 4.78 is 38.6. The maximum atomic E-state index is 12.9. The highest BCUT2D eigenvalue weighted by atomic mass is 19.1. The molecule has 2 nitrogen and oxygen atoms in total. The normalized spacial score (nSPS) is 10.9. The van der Waals surface area contributed by atoms with Gasteiger partial charge in [0.05, 0.1) is 0 Å². The standard InChI is InChI=1S/C14H9F3NO/c15-12-3-1-2-10(4-12)8-18-19-9-11-5-13(16)7-14(17)6-11/h1-7H,9H2. The minimum Gasteiger partial charge on any atom is -0.390 e. The molecular formula is C14H9F3NO. The average molecular weight is 264 g/mol. The van der Waals surface area contributed by atoms with Gasteiger partial charge in [-0.15, -0.1) is 0 Å². The second-order valence-corrected chi connectivity index (χ2v) is 3.76. The largest absolute Gasteiger partial charge is 0.390 e. The van der Waals surface area contributed by atoms with Gasteiger partial charge < -0.3 is 4.84 Å².